The van der Waals surface area contributed by atoms with E-state index in [0.717, 1.165) is 9.85 Å². The zero-order chi connectivity index (χ0) is 7.07. The summed E-state index contributed by atoms with van der Waals surface area (Å²) >= 11 is 1.31. The van der Waals surface area contributed by atoms with Crippen LogP contribution < -0.4 is 0 Å². The van der Waals surface area contributed by atoms with Gasteiger partial charge in [0.1, 0.15) is 0 Å². The van der Waals surface area contributed by atoms with Gasteiger partial charge in [0.2, 0.25) is 0 Å². The van der Waals surface area contributed by atoms with Crippen molar-refractivity contribution in [3.8, 4) is 0 Å². The van der Waals surface area contributed by atoms with Gasteiger partial charge in [-0.15, -0.1) is 0 Å². The first-order valence-electron chi connectivity index (χ1n) is 3.70. The van der Waals surface area contributed by atoms with Crippen LogP contribution in [0.5, 0.6) is 0 Å². The van der Waals surface area contributed by atoms with Crippen LogP contribution in [-0.2, 0) is 0 Å². The zero-order valence-electron chi connectivity index (χ0n) is 6.45. The van der Waals surface area contributed by atoms with E-state index in [1.807, 2.05) is 0 Å². The van der Waals surface area contributed by atoms with E-state index in [4.69, 9.17) is 0 Å². The van der Waals surface area contributed by atoms with Crippen molar-refractivity contribution < 1.29 is 0 Å². The quantitative estimate of drug-likeness (QED) is 0.532. The second kappa shape index (κ2) is 2.87. The van der Waals surface area contributed by atoms with Gasteiger partial charge in [0, 0.05) is 0 Å². The molecule has 1 atom stereocenters. The Morgan fingerprint density at radius 2 is 1.89 bits per heavy atom. The molecule has 0 bridgehead atoms. The first-order valence-corrected chi connectivity index (χ1v) is 19.4. The zero-order valence-corrected chi connectivity index (χ0v) is 11.5. The molecule has 0 aromatic rings. The second-order valence-corrected chi connectivity index (χ2v) is 33.9. The Morgan fingerprint density at radius 1 is 1.44 bits per heavy atom. The summed E-state index contributed by atoms with van der Waals surface area (Å²) in [4.78, 5) is 5.08. The van der Waals surface area contributed by atoms with Crippen LogP contribution in [-0.4, -0.2) is 14.4 Å². The average molecular weight is 345 g/mol. The van der Waals surface area contributed by atoms with Crippen LogP contribution in [0.4, 0.5) is 0 Å². The predicted octanol–water partition coefficient (Wildman–Crippen LogP) is 3.43. The molecule has 0 amide bonds. The molecule has 1 rings (SSSR count). The molecule has 1 unspecified atom stereocenters. The molecule has 0 heterocycles. The molecule has 1 aliphatic rings. The summed E-state index contributed by atoms with van der Waals surface area (Å²) in [7, 11) is 0. The van der Waals surface area contributed by atoms with Gasteiger partial charge in [0.25, 0.3) is 0 Å². The van der Waals surface area contributed by atoms with Crippen LogP contribution in [0, 0.1) is 5.92 Å². The van der Waals surface area contributed by atoms with Gasteiger partial charge in [-0.05, 0) is 0 Å². The van der Waals surface area contributed by atoms with E-state index in [-0.39, 0.29) is 0 Å². The van der Waals surface area contributed by atoms with Crippen LogP contribution in [0.25, 0.3) is 0 Å². The van der Waals surface area contributed by atoms with Gasteiger partial charge < -0.3 is 0 Å². The third-order valence-corrected chi connectivity index (χ3v) is 16.5. The Balaban J connectivity index is 2.40. The summed E-state index contributed by atoms with van der Waals surface area (Å²) in [6.07, 6.45) is 3.06. The minimum atomic E-state index is -1.46. The molecule has 0 aromatic heterocycles. The Morgan fingerprint density at radius 3 is 2.00 bits per heavy atom. The molecule has 0 spiro atoms. The van der Waals surface area contributed by atoms with Crippen LogP contribution in [0.3, 0.4) is 0 Å². The molecule has 0 aliphatic heterocycles. The van der Waals surface area contributed by atoms with E-state index >= 15 is 0 Å². The molecule has 0 N–H and O–H groups in total. The molecule has 2 heteroatoms. The predicted molar refractivity (Wildman–Crippen MR) is 53.7 cm³/mol. The first-order chi connectivity index (χ1) is 4.02. The molecule has 1 saturated carbocycles. The van der Waals surface area contributed by atoms with Gasteiger partial charge in [-0.2, -0.15) is 0 Å². The standard InChI is InChI=1S/C5H9.2CH3.HI.Sn/c1-2-5-3-4-5;;;;/h2,5H,3-4H2,1H3;2*1H3;1H;/q;;;;+1/p-1. The average Bonchev–Trinajstić information content (AvgIpc) is 2.40. The van der Waals surface area contributed by atoms with E-state index in [1.54, 1.807) is 0 Å². The third kappa shape index (κ3) is 2.56. The van der Waals surface area contributed by atoms with Gasteiger partial charge in [-0.25, -0.2) is 0 Å². The molecule has 1 fully saturated rings. The monoisotopic (exact) mass is 346 g/mol. The van der Waals surface area contributed by atoms with Crippen LogP contribution in [0.1, 0.15) is 19.8 Å². The van der Waals surface area contributed by atoms with Crippen molar-refractivity contribution in [1.82, 2.24) is 0 Å². The fourth-order valence-electron chi connectivity index (χ4n) is 1.16. The molecule has 9 heavy (non-hydrogen) atoms. The van der Waals surface area contributed by atoms with Crippen LogP contribution in [0.15, 0.2) is 0 Å². The van der Waals surface area contributed by atoms with Crippen molar-refractivity contribution in [2.24, 2.45) is 5.92 Å². The Kier molecular flexibility index (Phi) is 2.75. The van der Waals surface area contributed by atoms with Gasteiger partial charge in [0.05, 0.1) is 0 Å². The topological polar surface area (TPSA) is 0 Å². The Bertz CT molecular complexity index is 102. The Hall–Kier alpha value is 1.53. The maximum absolute atomic E-state index is 2.77. The van der Waals surface area contributed by atoms with Crippen molar-refractivity contribution in [3.05, 3.63) is 0 Å². The Labute approximate surface area is 71.9 Å². The van der Waals surface area contributed by atoms with E-state index in [1.165, 1.54) is 12.8 Å². The summed E-state index contributed by atoms with van der Waals surface area (Å²) in [6, 6.07) is 0. The van der Waals surface area contributed by atoms with E-state index in [9.17, 15) is 0 Å². The van der Waals surface area contributed by atoms with Gasteiger partial charge in [-0.3, -0.25) is 0 Å². The normalized spacial score (nSPS) is 24.0. The SMILES string of the molecule is C[CH](C1CC1)[Sn]([CH3])([CH3])[I]. The van der Waals surface area contributed by atoms with Crippen molar-refractivity contribution >= 4 is 33.0 Å². The number of rotatable bonds is 2. The van der Waals surface area contributed by atoms with Crippen molar-refractivity contribution in [2.45, 2.75) is 33.6 Å². The third-order valence-electron chi connectivity index (χ3n) is 2.41. The van der Waals surface area contributed by atoms with Crippen molar-refractivity contribution in [2.75, 3.05) is 0 Å². The van der Waals surface area contributed by atoms with Crippen molar-refractivity contribution in [3.63, 3.8) is 0 Å². The molecular formula is C7H15ISn. The molecule has 0 saturated heterocycles. The number of hydrogen-bond acceptors (Lipinski definition) is 0. The summed E-state index contributed by atoms with van der Waals surface area (Å²) in [6.45, 7) is 2.47. The first kappa shape index (κ1) is 8.62. The fourth-order valence-corrected chi connectivity index (χ4v) is 8.72. The minimum absolute atomic E-state index is 1.12. The maximum atomic E-state index is 2.77. The summed E-state index contributed by atoms with van der Waals surface area (Å²) in [5.74, 6) is 1.15. The van der Waals surface area contributed by atoms with Gasteiger partial charge in [-0.1, -0.05) is 0 Å². The fraction of sp³-hybridized carbons (Fsp3) is 1.00. The summed E-state index contributed by atoms with van der Waals surface area (Å²) in [5.41, 5.74) is 0. The van der Waals surface area contributed by atoms with Gasteiger partial charge >= 0.3 is 72.5 Å². The molecule has 0 nitrogen and oxygen atoms in total. The molecular weight excluding hydrogens is 330 g/mol. The van der Waals surface area contributed by atoms with Crippen molar-refractivity contribution in [1.29, 1.82) is 0 Å². The molecule has 1 aliphatic carbocycles. The van der Waals surface area contributed by atoms with E-state index in [0.29, 0.717) is 0 Å². The number of hydrogen-bond donors (Lipinski definition) is 0. The summed E-state index contributed by atoms with van der Waals surface area (Å²) in [5, 5.41) is 0. The van der Waals surface area contributed by atoms with E-state index < -0.39 is 14.4 Å². The number of halogens is 1. The second-order valence-electron chi connectivity index (χ2n) is 3.69. The van der Waals surface area contributed by atoms with Crippen LogP contribution in [0.2, 0.25) is 13.8 Å². The van der Waals surface area contributed by atoms with Crippen LogP contribution >= 0.6 is 18.6 Å². The van der Waals surface area contributed by atoms with E-state index in [2.05, 4.69) is 35.4 Å². The molecule has 0 radical (unpaired) electrons. The molecule has 0 aromatic carbocycles. The summed E-state index contributed by atoms with van der Waals surface area (Å²) < 4.78 is 1.12. The molecule has 54 valence electrons. The van der Waals surface area contributed by atoms with Gasteiger partial charge in [0.15, 0.2) is 0 Å².